The Balaban J connectivity index is 0.924. The molecule has 0 spiro atoms. The number of benzene rings is 11. The van der Waals surface area contributed by atoms with Crippen LogP contribution in [0.25, 0.3) is 134 Å². The first kappa shape index (κ1) is 46.2. The first-order chi connectivity index (χ1) is 39.2. The zero-order chi connectivity index (χ0) is 53.4. The van der Waals surface area contributed by atoms with E-state index < -0.39 is 0 Å². The molecule has 5 heteroatoms. The van der Waals surface area contributed by atoms with E-state index in [0.717, 1.165) is 82.6 Å². The summed E-state index contributed by atoms with van der Waals surface area (Å²) in [6.45, 7) is 9.39. The topological polar surface area (TPSA) is 48.5 Å². The number of nitrogens with zero attached hydrogens (tertiary/aromatic N) is 5. The van der Waals surface area contributed by atoms with Crippen LogP contribution in [-0.2, 0) is 10.8 Å². The quantitative estimate of drug-likeness (QED) is 0.160. The van der Waals surface area contributed by atoms with Crippen molar-refractivity contribution < 1.29 is 0 Å². The van der Waals surface area contributed by atoms with Crippen LogP contribution < -0.4 is 0 Å². The molecule has 14 aromatic rings. The van der Waals surface area contributed by atoms with Gasteiger partial charge in [0.25, 0.3) is 0 Å². The van der Waals surface area contributed by atoms with E-state index in [-0.39, 0.29) is 10.8 Å². The van der Waals surface area contributed by atoms with Crippen molar-refractivity contribution in [2.75, 3.05) is 0 Å². The van der Waals surface area contributed by atoms with Crippen molar-refractivity contribution in [3.8, 4) is 90.0 Å². The summed E-state index contributed by atoms with van der Waals surface area (Å²) in [5.74, 6) is 1.65. The van der Waals surface area contributed by atoms with Crippen LogP contribution in [0.15, 0.2) is 249 Å². The van der Waals surface area contributed by atoms with Gasteiger partial charge >= 0.3 is 0 Å². The van der Waals surface area contributed by atoms with Crippen molar-refractivity contribution >= 4 is 43.6 Å². The third-order valence-electron chi connectivity index (χ3n) is 17.6. The summed E-state index contributed by atoms with van der Waals surface area (Å²) in [6, 6.07) is 90.7. The minimum Gasteiger partial charge on any atom is -0.278 e. The highest BCUT2D eigenvalue weighted by Gasteiger charge is 2.37. The van der Waals surface area contributed by atoms with E-state index in [1.165, 1.54) is 55.6 Å². The predicted octanol–water partition coefficient (Wildman–Crippen LogP) is 19.0. The van der Waals surface area contributed by atoms with E-state index in [2.05, 4.69) is 286 Å². The Morgan fingerprint density at radius 3 is 1.18 bits per heavy atom. The highest BCUT2D eigenvalue weighted by atomic mass is 15.3. The van der Waals surface area contributed by atoms with Gasteiger partial charge in [0, 0.05) is 37.9 Å². The van der Waals surface area contributed by atoms with Crippen LogP contribution in [-0.4, -0.2) is 24.1 Å². The van der Waals surface area contributed by atoms with E-state index in [9.17, 15) is 0 Å². The standard InChI is InChI=1S/C75H53N5/c1-74(2)63-29-14-10-25-55(63)57-37-33-47(42-65(57)74)49-35-39-61-59-27-12-16-31-67(59)79(69(61)44-49)72-76-71(52-22-18-21-51(41-52)54-24-9-8-23-53(54)46-19-6-5-7-20-46)77-73(78-72)80-68-32-17-13-28-60(68)62-40-36-50(45-70(62)80)48-34-38-58-56-26-11-15-30-64(56)75(3,4)66(58)43-48/h5-45H,1-4H3. The van der Waals surface area contributed by atoms with Gasteiger partial charge in [-0.15, -0.1) is 0 Å². The molecule has 0 fully saturated rings. The molecule has 0 aliphatic heterocycles. The number of aromatic nitrogens is 5. The second kappa shape index (κ2) is 17.3. The lowest BCUT2D eigenvalue weighted by atomic mass is 9.81. The van der Waals surface area contributed by atoms with E-state index in [1.54, 1.807) is 0 Å². The predicted molar refractivity (Wildman–Crippen MR) is 331 cm³/mol. The molecule has 0 atom stereocenters. The van der Waals surface area contributed by atoms with Gasteiger partial charge in [-0.2, -0.15) is 15.0 Å². The molecule has 378 valence electrons. The van der Waals surface area contributed by atoms with Crippen molar-refractivity contribution in [3.63, 3.8) is 0 Å². The van der Waals surface area contributed by atoms with Gasteiger partial charge in [-0.25, -0.2) is 0 Å². The Labute approximate surface area is 464 Å². The second-order valence-electron chi connectivity index (χ2n) is 22.8. The van der Waals surface area contributed by atoms with E-state index in [0.29, 0.717) is 17.7 Å². The molecule has 11 aromatic carbocycles. The number of para-hydroxylation sites is 2. The van der Waals surface area contributed by atoms with Gasteiger partial charge in [0.05, 0.1) is 22.1 Å². The van der Waals surface area contributed by atoms with Crippen molar-refractivity contribution in [2.45, 2.75) is 38.5 Å². The van der Waals surface area contributed by atoms with Gasteiger partial charge in [0.15, 0.2) is 5.82 Å². The summed E-state index contributed by atoms with van der Waals surface area (Å²) in [4.78, 5) is 16.8. The number of hydrogen-bond acceptors (Lipinski definition) is 3. The van der Waals surface area contributed by atoms with Gasteiger partial charge in [0.1, 0.15) is 0 Å². The average Bonchev–Trinajstić information content (AvgIpc) is 4.18. The van der Waals surface area contributed by atoms with Crippen LogP contribution in [0.3, 0.4) is 0 Å². The molecule has 0 unspecified atom stereocenters. The molecule has 0 N–H and O–H groups in total. The van der Waals surface area contributed by atoms with Crippen molar-refractivity contribution in [1.29, 1.82) is 0 Å². The maximum atomic E-state index is 5.67. The fourth-order valence-corrected chi connectivity index (χ4v) is 13.6. The molecule has 2 aliphatic rings. The average molecular weight is 1020 g/mol. The normalized spacial score (nSPS) is 13.7. The summed E-state index contributed by atoms with van der Waals surface area (Å²) in [7, 11) is 0. The SMILES string of the molecule is CC1(C)c2ccccc2-c2ccc(-c3ccc4c5ccccc5n(-c5nc(-c6cccc(-c7ccccc7-c7ccccc7)c6)nc(-n6c7ccccc7c7ccc(-c8ccc9c(c8)C(C)(C)c8ccccc8-9)cc76)n5)c4c3)cc21. The summed E-state index contributed by atoms with van der Waals surface area (Å²) >= 11 is 0. The molecule has 0 radical (unpaired) electrons. The van der Waals surface area contributed by atoms with Gasteiger partial charge in [-0.05, 0) is 131 Å². The molecule has 80 heavy (non-hydrogen) atoms. The summed E-state index contributed by atoms with van der Waals surface area (Å²) in [5, 5.41) is 4.52. The number of rotatable bonds is 7. The lowest BCUT2D eigenvalue weighted by Crippen LogP contribution is -2.14. The lowest BCUT2D eigenvalue weighted by molar-refractivity contribution is 0.660. The molecule has 0 saturated carbocycles. The largest absolute Gasteiger partial charge is 0.278 e. The van der Waals surface area contributed by atoms with Gasteiger partial charge in [-0.1, -0.05) is 234 Å². The summed E-state index contributed by atoms with van der Waals surface area (Å²) in [6.07, 6.45) is 0. The van der Waals surface area contributed by atoms with E-state index >= 15 is 0 Å². The van der Waals surface area contributed by atoms with Gasteiger partial charge in [-0.3, -0.25) is 9.13 Å². The van der Waals surface area contributed by atoms with Crippen molar-refractivity contribution in [3.05, 3.63) is 271 Å². The molecule has 0 bridgehead atoms. The fourth-order valence-electron chi connectivity index (χ4n) is 13.6. The Morgan fingerprint density at radius 1 is 0.250 bits per heavy atom. The number of fused-ring (bicyclic) bond motifs is 12. The van der Waals surface area contributed by atoms with Crippen LogP contribution in [0.5, 0.6) is 0 Å². The third-order valence-corrected chi connectivity index (χ3v) is 17.6. The van der Waals surface area contributed by atoms with Crippen LogP contribution in [0, 0.1) is 0 Å². The molecular weight excluding hydrogens is 971 g/mol. The Morgan fingerprint density at radius 2 is 0.637 bits per heavy atom. The maximum Gasteiger partial charge on any atom is 0.240 e. The minimum atomic E-state index is -0.127. The van der Waals surface area contributed by atoms with Crippen LogP contribution in [0.2, 0.25) is 0 Å². The monoisotopic (exact) mass is 1020 g/mol. The molecule has 0 saturated heterocycles. The first-order valence-electron chi connectivity index (χ1n) is 27.8. The summed E-state index contributed by atoms with van der Waals surface area (Å²) in [5.41, 5.74) is 24.5. The van der Waals surface area contributed by atoms with Crippen LogP contribution in [0.1, 0.15) is 49.9 Å². The van der Waals surface area contributed by atoms with Crippen LogP contribution in [0.4, 0.5) is 0 Å². The molecule has 16 rings (SSSR count). The lowest BCUT2D eigenvalue weighted by Gasteiger charge is -2.22. The highest BCUT2D eigenvalue weighted by molar-refractivity contribution is 6.11. The zero-order valence-electron chi connectivity index (χ0n) is 44.9. The zero-order valence-corrected chi connectivity index (χ0v) is 44.9. The van der Waals surface area contributed by atoms with Crippen molar-refractivity contribution in [2.24, 2.45) is 0 Å². The van der Waals surface area contributed by atoms with Crippen LogP contribution >= 0.6 is 0 Å². The smallest absolute Gasteiger partial charge is 0.240 e. The summed E-state index contributed by atoms with van der Waals surface area (Å²) < 4.78 is 4.52. The molecule has 2 aliphatic carbocycles. The minimum absolute atomic E-state index is 0.127. The van der Waals surface area contributed by atoms with Gasteiger partial charge in [0.2, 0.25) is 11.9 Å². The number of hydrogen-bond donors (Lipinski definition) is 0. The Kier molecular flexibility index (Phi) is 9.96. The molecule has 3 aromatic heterocycles. The molecule has 5 nitrogen and oxygen atoms in total. The fraction of sp³-hybridized carbons (Fsp3) is 0.0800. The maximum absolute atomic E-state index is 5.67. The van der Waals surface area contributed by atoms with E-state index in [4.69, 9.17) is 15.0 Å². The molecule has 3 heterocycles. The van der Waals surface area contributed by atoms with Gasteiger partial charge < -0.3 is 0 Å². The van der Waals surface area contributed by atoms with E-state index in [1.807, 2.05) is 0 Å². The molecular formula is C75H53N5. The van der Waals surface area contributed by atoms with Crippen molar-refractivity contribution in [1.82, 2.24) is 24.1 Å². The molecule has 0 amide bonds. The third kappa shape index (κ3) is 6.86. The first-order valence-corrected chi connectivity index (χ1v) is 27.8. The Bertz CT molecular complexity index is 4650. The Hall–Kier alpha value is -9.97. The second-order valence-corrected chi connectivity index (χ2v) is 22.8. The highest BCUT2D eigenvalue weighted by Crippen LogP contribution is 2.51.